The van der Waals surface area contributed by atoms with Crippen molar-refractivity contribution >= 4 is 93.8 Å². The summed E-state index contributed by atoms with van der Waals surface area (Å²) >= 11 is 0. The summed E-state index contributed by atoms with van der Waals surface area (Å²) in [5.41, 5.74) is 18.7. The number of hydrogen-bond acceptors (Lipinski definition) is 16. The van der Waals surface area contributed by atoms with Crippen LogP contribution in [0.5, 0.6) is 5.75 Å². The third-order valence-electron chi connectivity index (χ3n) is 7.73. The smallest absolute Gasteiger partial charge is 0.744 e. The second-order valence-electron chi connectivity index (χ2n) is 11.5. The topological polar surface area (TPSA) is 313 Å². The monoisotopic (exact) mass is 802 g/mol. The zero-order valence-electron chi connectivity index (χ0n) is 29.0. The number of aromatic hydroxyl groups is 1. The van der Waals surface area contributed by atoms with Crippen molar-refractivity contribution in [3.63, 3.8) is 0 Å². The van der Waals surface area contributed by atoms with Crippen LogP contribution in [0.25, 0.3) is 10.8 Å². The number of benzene rings is 6. The summed E-state index contributed by atoms with van der Waals surface area (Å²) in [5.74, 6) is -1.39. The van der Waals surface area contributed by atoms with E-state index in [0.29, 0.717) is 28.4 Å². The van der Waals surface area contributed by atoms with Gasteiger partial charge in [0.25, 0.3) is 16.0 Å². The summed E-state index contributed by atoms with van der Waals surface area (Å²) in [6, 6.07) is 26.4. The van der Waals surface area contributed by atoms with Gasteiger partial charge in [-0.15, -0.1) is 15.3 Å². The van der Waals surface area contributed by atoms with Gasteiger partial charge in [-0.25, -0.2) is 8.42 Å². The van der Waals surface area contributed by atoms with Crippen molar-refractivity contribution in [3.05, 3.63) is 115 Å². The van der Waals surface area contributed by atoms with Gasteiger partial charge in [-0.3, -0.25) is 9.35 Å². The van der Waals surface area contributed by atoms with Crippen molar-refractivity contribution in [3.8, 4) is 5.75 Å². The molecule has 0 radical (unpaired) electrons. The average Bonchev–Trinajstić information content (AvgIpc) is 3.14. The van der Waals surface area contributed by atoms with E-state index >= 15 is 0 Å². The minimum atomic E-state index is -5.33. The van der Waals surface area contributed by atoms with Crippen LogP contribution in [0.4, 0.5) is 56.9 Å². The second kappa shape index (κ2) is 16.7. The molecule has 21 heteroatoms. The standard InChI is InChI=1S/C35H28N10O8S2.Na/c36-21-8-15-27(26(37)18-21)43-40-25-13-11-22(12-14-25)39-35(47)19-6-9-24(10-7-19)42-44-32-28(54(48,49)50)16-20-17-29(55(51,52)53)33(34(46)30(20)31(32)38)45-41-23-4-2-1-3-5-23;/h1-18,46H,36-38H2,(H,39,47)(H,48,49,50)(H,51,52,53);/q;+1/p-1. The fourth-order valence-corrected chi connectivity index (χ4v) is 6.39. The molecule has 0 fully saturated rings. The molecule has 0 aliphatic heterocycles. The molecule has 0 heterocycles. The molecule has 278 valence electrons. The zero-order valence-corrected chi connectivity index (χ0v) is 32.6. The number of anilines is 4. The van der Waals surface area contributed by atoms with E-state index < -0.39 is 58.7 Å². The van der Waals surface area contributed by atoms with Crippen LogP contribution in [0.15, 0.2) is 150 Å². The molecule has 6 rings (SSSR count). The molecule has 9 N–H and O–H groups in total. The number of carbonyl (C=O) groups is 1. The van der Waals surface area contributed by atoms with E-state index in [0.717, 1.165) is 12.1 Å². The first kappa shape index (κ1) is 41.0. The molecule has 0 aliphatic rings. The third-order valence-corrected chi connectivity index (χ3v) is 9.44. The van der Waals surface area contributed by atoms with Gasteiger partial charge in [-0.2, -0.15) is 23.8 Å². The van der Waals surface area contributed by atoms with E-state index in [1.165, 1.54) is 36.4 Å². The molecule has 6 aromatic carbocycles. The van der Waals surface area contributed by atoms with Crippen LogP contribution in [0.2, 0.25) is 0 Å². The van der Waals surface area contributed by atoms with Gasteiger partial charge in [0.15, 0.2) is 5.75 Å². The number of azo groups is 3. The fourth-order valence-electron chi connectivity index (χ4n) is 5.08. The maximum atomic E-state index is 12.9. The van der Waals surface area contributed by atoms with Crippen LogP contribution >= 0.6 is 0 Å². The Hall–Kier alpha value is -6.13. The first-order chi connectivity index (χ1) is 26.1. The van der Waals surface area contributed by atoms with E-state index in [1.54, 1.807) is 60.7 Å². The predicted octanol–water partition coefficient (Wildman–Crippen LogP) is 4.95. The van der Waals surface area contributed by atoms with Crippen molar-refractivity contribution in [2.45, 2.75) is 9.79 Å². The largest absolute Gasteiger partial charge is 1.00 e. The molecule has 0 saturated heterocycles. The van der Waals surface area contributed by atoms with E-state index in [9.17, 15) is 35.8 Å². The van der Waals surface area contributed by atoms with E-state index in [1.807, 2.05) is 0 Å². The Morgan fingerprint density at radius 2 is 1.21 bits per heavy atom. The number of fused-ring (bicyclic) bond motifs is 1. The molecule has 1 amide bonds. The number of amides is 1. The molecule has 0 spiro atoms. The van der Waals surface area contributed by atoms with Crippen molar-refractivity contribution in [2.75, 3.05) is 22.5 Å². The van der Waals surface area contributed by atoms with E-state index in [-0.39, 0.29) is 57.3 Å². The number of phenols is 1. The maximum Gasteiger partial charge on any atom is 1.00 e. The van der Waals surface area contributed by atoms with Gasteiger partial charge in [0.05, 0.1) is 38.7 Å². The Kier molecular flexibility index (Phi) is 12.2. The minimum absolute atomic E-state index is 0. The van der Waals surface area contributed by atoms with Crippen molar-refractivity contribution < 1.29 is 65.4 Å². The Morgan fingerprint density at radius 3 is 1.80 bits per heavy atom. The molecule has 0 bridgehead atoms. The van der Waals surface area contributed by atoms with Gasteiger partial charge < -0.3 is 32.2 Å². The van der Waals surface area contributed by atoms with Gasteiger partial charge in [0.2, 0.25) is 0 Å². The number of rotatable bonds is 10. The number of nitrogens with one attached hydrogen (secondary N) is 1. The molecule has 0 aromatic heterocycles. The van der Waals surface area contributed by atoms with Crippen molar-refractivity contribution in [1.29, 1.82) is 0 Å². The normalized spacial score (nSPS) is 12.0. The predicted molar refractivity (Wildman–Crippen MR) is 203 cm³/mol. The van der Waals surface area contributed by atoms with Gasteiger partial charge in [0, 0.05) is 16.9 Å². The molecule has 0 aliphatic carbocycles. The van der Waals surface area contributed by atoms with Crippen LogP contribution in [0, 0.1) is 0 Å². The molecule has 0 atom stereocenters. The molecular weight excluding hydrogens is 776 g/mol. The van der Waals surface area contributed by atoms with Gasteiger partial charge >= 0.3 is 29.6 Å². The van der Waals surface area contributed by atoms with E-state index in [4.69, 9.17) is 17.2 Å². The number of phenolic OH excluding ortho intramolecular Hbond substituents is 1. The molecule has 18 nitrogen and oxygen atoms in total. The van der Waals surface area contributed by atoms with Crippen LogP contribution in [-0.4, -0.2) is 37.0 Å². The number of nitrogen functional groups attached to an aromatic ring is 3. The van der Waals surface area contributed by atoms with Crippen LogP contribution in [0.3, 0.4) is 0 Å². The Morgan fingerprint density at radius 1 is 0.661 bits per heavy atom. The Labute approximate surface area is 340 Å². The molecule has 0 unspecified atom stereocenters. The molecule has 0 saturated carbocycles. The first-order valence-electron chi connectivity index (χ1n) is 15.6. The SMILES string of the molecule is Nc1ccc(N=Nc2ccc(NC(=O)c3ccc(N=Nc4c(S(=O)(=O)[O-])cc5cc(S(=O)(=O)O)c(N=Nc6ccccc6)c(O)c5c4N)cc3)cc2)c(N)c1.[Na+]. The summed E-state index contributed by atoms with van der Waals surface area (Å²) < 4.78 is 71.4. The van der Waals surface area contributed by atoms with Crippen LogP contribution < -0.4 is 52.1 Å². The number of hydrogen-bond donors (Lipinski definition) is 6. The molecular formula is C35H27N10NaO8S2. The Bertz CT molecular complexity index is 2790. The quantitative estimate of drug-likeness (QED) is 0.0466. The first-order valence-corrected chi connectivity index (χ1v) is 18.5. The number of carbonyl (C=O) groups excluding carboxylic acids is 1. The van der Waals surface area contributed by atoms with E-state index in [2.05, 4.69) is 36.0 Å². The van der Waals surface area contributed by atoms with Crippen molar-refractivity contribution in [2.24, 2.45) is 30.7 Å². The van der Waals surface area contributed by atoms with Crippen LogP contribution in [0.1, 0.15) is 10.4 Å². The van der Waals surface area contributed by atoms with Gasteiger partial charge in [-0.05, 0) is 96.4 Å². The summed E-state index contributed by atoms with van der Waals surface area (Å²) in [4.78, 5) is 11.0. The maximum absolute atomic E-state index is 12.9. The van der Waals surface area contributed by atoms with Crippen LogP contribution in [-0.2, 0) is 20.2 Å². The molecule has 6 aromatic rings. The number of nitrogens with two attached hydrogens (primary N) is 3. The minimum Gasteiger partial charge on any atom is -0.744 e. The molecule has 56 heavy (non-hydrogen) atoms. The van der Waals surface area contributed by atoms with Gasteiger partial charge in [0.1, 0.15) is 32.1 Å². The summed E-state index contributed by atoms with van der Waals surface area (Å²) in [5, 5.41) is 37.0. The Balaban J connectivity index is 0.00000600. The summed E-state index contributed by atoms with van der Waals surface area (Å²) in [6.45, 7) is 0. The fraction of sp³-hybridized carbons (Fsp3) is 0. The summed E-state index contributed by atoms with van der Waals surface area (Å²) in [7, 11) is -10.4. The zero-order chi connectivity index (χ0) is 39.5. The summed E-state index contributed by atoms with van der Waals surface area (Å²) in [6.07, 6.45) is 0. The average molecular weight is 803 g/mol. The number of nitrogens with zero attached hydrogens (tertiary/aromatic N) is 6. The second-order valence-corrected chi connectivity index (χ2v) is 14.3. The van der Waals surface area contributed by atoms with Crippen molar-refractivity contribution in [1.82, 2.24) is 0 Å². The third kappa shape index (κ3) is 9.38. The van der Waals surface area contributed by atoms with Gasteiger partial charge in [-0.1, -0.05) is 18.2 Å².